The summed E-state index contributed by atoms with van der Waals surface area (Å²) < 4.78 is 5.56. The Bertz CT molecular complexity index is 804. The minimum absolute atomic E-state index is 0.118. The highest BCUT2D eigenvalue weighted by molar-refractivity contribution is 5.95. The van der Waals surface area contributed by atoms with Crippen molar-refractivity contribution in [3.8, 4) is 5.75 Å². The lowest BCUT2D eigenvalue weighted by Crippen LogP contribution is -2.24. The summed E-state index contributed by atoms with van der Waals surface area (Å²) in [7, 11) is 0. The number of carbonyl (C=O) groups is 2. The Balaban J connectivity index is 1.60. The Labute approximate surface area is 146 Å². The summed E-state index contributed by atoms with van der Waals surface area (Å²) in [6.07, 6.45) is 1.44. The maximum atomic E-state index is 12.1. The number of rotatable bonds is 5. The highest BCUT2D eigenvalue weighted by Crippen LogP contribution is 2.25. The van der Waals surface area contributed by atoms with Gasteiger partial charge in [-0.3, -0.25) is 9.59 Å². The molecule has 3 rings (SSSR count). The van der Waals surface area contributed by atoms with Crippen LogP contribution in [0.1, 0.15) is 18.4 Å². The van der Waals surface area contributed by atoms with Crippen LogP contribution in [0.4, 0.5) is 17.1 Å². The van der Waals surface area contributed by atoms with Crippen LogP contribution in [0.25, 0.3) is 0 Å². The van der Waals surface area contributed by atoms with Gasteiger partial charge in [0.25, 0.3) is 5.91 Å². The molecule has 2 aromatic rings. The molecule has 0 bridgehead atoms. The first-order chi connectivity index (χ1) is 12.0. The molecule has 130 valence electrons. The molecule has 1 heterocycles. The molecular weight excluding hydrogens is 318 g/mol. The monoisotopic (exact) mass is 339 g/mol. The number of benzene rings is 2. The number of anilines is 3. The first-order valence-corrected chi connectivity index (χ1v) is 8.22. The molecule has 1 saturated heterocycles. The van der Waals surface area contributed by atoms with Gasteiger partial charge in [-0.05, 0) is 43.2 Å². The van der Waals surface area contributed by atoms with E-state index in [2.05, 4.69) is 5.32 Å². The third kappa shape index (κ3) is 4.09. The molecule has 2 amide bonds. The molecule has 6 nitrogen and oxygen atoms in total. The van der Waals surface area contributed by atoms with E-state index in [1.807, 2.05) is 25.1 Å². The second kappa shape index (κ2) is 7.25. The molecule has 1 aliphatic heterocycles. The van der Waals surface area contributed by atoms with Crippen molar-refractivity contribution < 1.29 is 14.3 Å². The highest BCUT2D eigenvalue weighted by Gasteiger charge is 2.21. The number of aryl methyl sites for hydroxylation is 1. The van der Waals surface area contributed by atoms with Crippen LogP contribution in [0.5, 0.6) is 5.75 Å². The van der Waals surface area contributed by atoms with Crippen molar-refractivity contribution in [3.63, 3.8) is 0 Å². The number of ether oxygens (including phenoxy) is 1. The fourth-order valence-electron chi connectivity index (χ4n) is 2.77. The number of nitrogen functional groups attached to an aromatic ring is 1. The molecule has 0 radical (unpaired) electrons. The number of hydrogen-bond acceptors (Lipinski definition) is 4. The molecular formula is C19H21N3O3. The molecule has 0 unspecified atom stereocenters. The van der Waals surface area contributed by atoms with Crippen molar-refractivity contribution in [2.24, 2.45) is 0 Å². The van der Waals surface area contributed by atoms with Gasteiger partial charge in [-0.25, -0.2) is 0 Å². The van der Waals surface area contributed by atoms with Gasteiger partial charge in [-0.2, -0.15) is 0 Å². The number of hydrogen-bond donors (Lipinski definition) is 2. The van der Waals surface area contributed by atoms with Gasteiger partial charge in [-0.1, -0.05) is 12.1 Å². The van der Waals surface area contributed by atoms with Crippen LogP contribution < -0.4 is 20.7 Å². The van der Waals surface area contributed by atoms with Gasteiger partial charge in [0.1, 0.15) is 5.75 Å². The minimum Gasteiger partial charge on any atom is -0.484 e. The summed E-state index contributed by atoms with van der Waals surface area (Å²) in [4.78, 5) is 25.7. The molecule has 2 aromatic carbocycles. The highest BCUT2D eigenvalue weighted by atomic mass is 16.5. The summed E-state index contributed by atoms with van der Waals surface area (Å²) in [6.45, 7) is 2.50. The van der Waals surface area contributed by atoms with Crippen LogP contribution in [0.2, 0.25) is 0 Å². The van der Waals surface area contributed by atoms with Crippen molar-refractivity contribution >= 4 is 28.9 Å². The lowest BCUT2D eigenvalue weighted by Gasteiger charge is -2.16. The molecule has 0 aromatic heterocycles. The molecule has 3 N–H and O–H groups in total. The smallest absolute Gasteiger partial charge is 0.262 e. The second-order valence-corrected chi connectivity index (χ2v) is 6.06. The topological polar surface area (TPSA) is 84.7 Å². The van der Waals surface area contributed by atoms with Crippen molar-refractivity contribution in [3.05, 3.63) is 48.0 Å². The summed E-state index contributed by atoms with van der Waals surface area (Å²) in [5.74, 6) is 0.403. The van der Waals surface area contributed by atoms with E-state index in [9.17, 15) is 9.59 Å². The zero-order valence-corrected chi connectivity index (χ0v) is 14.1. The summed E-state index contributed by atoms with van der Waals surface area (Å²) in [5, 5.41) is 2.79. The average Bonchev–Trinajstić information content (AvgIpc) is 3.03. The zero-order valence-electron chi connectivity index (χ0n) is 14.1. The Hall–Kier alpha value is -3.02. The standard InChI is InChI=1S/C19H21N3O3/c1-13-7-8-14(20)10-17(13)21-18(23)12-25-16-5-2-4-15(11-16)22-9-3-6-19(22)24/h2,4-5,7-8,10-11H,3,6,9,12,20H2,1H3,(H,21,23). The fourth-order valence-corrected chi connectivity index (χ4v) is 2.77. The van der Waals surface area contributed by atoms with Crippen LogP contribution in [-0.2, 0) is 9.59 Å². The Morgan fingerprint density at radius 2 is 2.12 bits per heavy atom. The van der Waals surface area contributed by atoms with E-state index < -0.39 is 0 Å². The van der Waals surface area contributed by atoms with E-state index in [0.717, 1.165) is 24.2 Å². The molecule has 1 fully saturated rings. The van der Waals surface area contributed by atoms with Crippen LogP contribution in [0.3, 0.4) is 0 Å². The quantitative estimate of drug-likeness (QED) is 0.820. The molecule has 1 aliphatic rings. The van der Waals surface area contributed by atoms with Crippen LogP contribution in [0.15, 0.2) is 42.5 Å². The number of nitrogens with zero attached hydrogens (tertiary/aromatic N) is 1. The second-order valence-electron chi connectivity index (χ2n) is 6.06. The maximum absolute atomic E-state index is 12.1. The number of amides is 2. The fraction of sp³-hybridized carbons (Fsp3) is 0.263. The molecule has 0 saturated carbocycles. The molecule has 6 heteroatoms. The third-order valence-electron chi connectivity index (χ3n) is 4.11. The average molecular weight is 339 g/mol. The SMILES string of the molecule is Cc1ccc(N)cc1NC(=O)COc1cccc(N2CCCC2=O)c1. The summed E-state index contributed by atoms with van der Waals surface area (Å²) in [6, 6.07) is 12.6. The predicted molar refractivity (Wildman–Crippen MR) is 97.7 cm³/mol. The van der Waals surface area contributed by atoms with Gasteiger partial charge in [-0.15, -0.1) is 0 Å². The van der Waals surface area contributed by atoms with Crippen molar-refractivity contribution in [1.82, 2.24) is 0 Å². The van der Waals surface area contributed by atoms with Crippen LogP contribution in [0, 0.1) is 6.92 Å². The van der Waals surface area contributed by atoms with E-state index >= 15 is 0 Å². The van der Waals surface area contributed by atoms with E-state index in [-0.39, 0.29) is 18.4 Å². The van der Waals surface area contributed by atoms with Crippen molar-refractivity contribution in [2.75, 3.05) is 29.1 Å². The van der Waals surface area contributed by atoms with Crippen LogP contribution >= 0.6 is 0 Å². The lowest BCUT2D eigenvalue weighted by atomic mass is 10.2. The van der Waals surface area contributed by atoms with Gasteiger partial charge >= 0.3 is 0 Å². The van der Waals surface area contributed by atoms with E-state index in [1.165, 1.54) is 0 Å². The van der Waals surface area contributed by atoms with E-state index in [0.29, 0.717) is 23.5 Å². The predicted octanol–water partition coefficient (Wildman–Crippen LogP) is 2.72. The summed E-state index contributed by atoms with van der Waals surface area (Å²) in [5.41, 5.74) is 8.73. The van der Waals surface area contributed by atoms with Gasteiger partial charge in [0.05, 0.1) is 0 Å². The lowest BCUT2D eigenvalue weighted by molar-refractivity contribution is -0.118. The van der Waals surface area contributed by atoms with Gasteiger partial charge in [0.15, 0.2) is 6.61 Å². The largest absolute Gasteiger partial charge is 0.484 e. The minimum atomic E-state index is -0.267. The normalized spacial score (nSPS) is 13.8. The first kappa shape index (κ1) is 16.8. The number of carbonyl (C=O) groups excluding carboxylic acids is 2. The van der Waals surface area contributed by atoms with Gasteiger partial charge in [0.2, 0.25) is 5.91 Å². The van der Waals surface area contributed by atoms with E-state index in [1.54, 1.807) is 29.2 Å². The Morgan fingerprint density at radius 1 is 1.28 bits per heavy atom. The molecule has 25 heavy (non-hydrogen) atoms. The maximum Gasteiger partial charge on any atom is 0.262 e. The molecule has 0 spiro atoms. The zero-order chi connectivity index (χ0) is 17.8. The molecule has 0 aliphatic carbocycles. The Kier molecular flexibility index (Phi) is 4.88. The molecule has 0 atom stereocenters. The number of nitrogens with two attached hydrogens (primary N) is 1. The van der Waals surface area contributed by atoms with Crippen molar-refractivity contribution in [1.29, 1.82) is 0 Å². The van der Waals surface area contributed by atoms with Gasteiger partial charge < -0.3 is 20.7 Å². The first-order valence-electron chi connectivity index (χ1n) is 8.22. The number of nitrogens with one attached hydrogen (secondary N) is 1. The van der Waals surface area contributed by atoms with E-state index in [4.69, 9.17) is 10.5 Å². The summed E-state index contributed by atoms with van der Waals surface area (Å²) >= 11 is 0. The Morgan fingerprint density at radius 3 is 2.88 bits per heavy atom. The van der Waals surface area contributed by atoms with Gasteiger partial charge in [0, 0.05) is 36.1 Å². The van der Waals surface area contributed by atoms with Crippen LogP contribution in [-0.4, -0.2) is 25.0 Å². The van der Waals surface area contributed by atoms with Crippen molar-refractivity contribution in [2.45, 2.75) is 19.8 Å². The third-order valence-corrected chi connectivity index (χ3v) is 4.11.